The van der Waals surface area contributed by atoms with Crippen LogP contribution in [0.1, 0.15) is 34.7 Å². The molecule has 1 aliphatic heterocycles. The lowest BCUT2D eigenvalue weighted by Crippen LogP contribution is -2.38. The monoisotopic (exact) mass is 438 g/mol. The van der Waals surface area contributed by atoms with Gasteiger partial charge in [-0.05, 0) is 24.1 Å². The molecule has 2 aromatic carbocycles. The third-order valence-electron chi connectivity index (χ3n) is 5.22. The lowest BCUT2D eigenvalue weighted by atomic mass is 9.94. The predicted molar refractivity (Wildman–Crippen MR) is 108 cm³/mol. The van der Waals surface area contributed by atoms with Crippen LogP contribution in [0.5, 0.6) is 0 Å². The van der Waals surface area contributed by atoms with Gasteiger partial charge in [-0.25, -0.2) is 0 Å². The predicted octanol–water partition coefficient (Wildman–Crippen LogP) is 4.75. The molecule has 8 heteroatoms. The summed E-state index contributed by atoms with van der Waals surface area (Å²) in [5.74, 6) is -2.66. The zero-order valence-corrected chi connectivity index (χ0v) is 17.0. The van der Waals surface area contributed by atoms with E-state index >= 15 is 0 Å². The zero-order chi connectivity index (χ0) is 21.7. The van der Waals surface area contributed by atoms with Crippen molar-refractivity contribution in [2.45, 2.75) is 24.9 Å². The molecule has 0 N–H and O–H groups in total. The van der Waals surface area contributed by atoms with Crippen LogP contribution in [-0.2, 0) is 4.79 Å². The van der Waals surface area contributed by atoms with Gasteiger partial charge >= 0.3 is 6.18 Å². The zero-order valence-electron chi connectivity index (χ0n) is 16.2. The van der Waals surface area contributed by atoms with Gasteiger partial charge in [0, 0.05) is 32.6 Å². The summed E-state index contributed by atoms with van der Waals surface area (Å²) in [6.45, 7) is 1.16. The molecule has 2 aromatic rings. The Balaban J connectivity index is 1.66. The summed E-state index contributed by atoms with van der Waals surface area (Å²) in [5.41, 5.74) is 0.448. The maximum absolute atomic E-state index is 13.6. The quantitative estimate of drug-likeness (QED) is 0.691. The Morgan fingerprint density at radius 3 is 2.17 bits per heavy atom. The van der Waals surface area contributed by atoms with Gasteiger partial charge < -0.3 is 9.80 Å². The van der Waals surface area contributed by atoms with Crippen LogP contribution in [0.4, 0.5) is 13.2 Å². The Morgan fingerprint density at radius 2 is 1.50 bits per heavy atom. The van der Waals surface area contributed by atoms with Crippen molar-refractivity contribution in [3.63, 3.8) is 0 Å². The lowest BCUT2D eigenvalue weighted by molar-refractivity contribution is -0.160. The molecule has 0 bridgehead atoms. The van der Waals surface area contributed by atoms with Crippen molar-refractivity contribution >= 4 is 23.4 Å². The normalized spacial score (nSPS) is 16.1. The van der Waals surface area contributed by atoms with Crippen molar-refractivity contribution in [3.8, 4) is 0 Å². The van der Waals surface area contributed by atoms with Crippen LogP contribution in [0.3, 0.4) is 0 Å². The van der Waals surface area contributed by atoms with Gasteiger partial charge in [0.25, 0.3) is 5.91 Å². The first kappa shape index (κ1) is 22.2. The third kappa shape index (κ3) is 5.33. The summed E-state index contributed by atoms with van der Waals surface area (Å²) >= 11 is 6.10. The fourth-order valence-corrected chi connectivity index (χ4v) is 3.80. The Labute approximate surface area is 178 Å². The molecule has 3 rings (SSSR count). The van der Waals surface area contributed by atoms with Crippen LogP contribution >= 0.6 is 11.6 Å². The summed E-state index contributed by atoms with van der Waals surface area (Å²) in [5, 5.41) is 0.343. The molecule has 0 spiro atoms. The molecule has 0 radical (unpaired) electrons. The molecule has 0 aliphatic carbocycles. The average molecular weight is 439 g/mol. The standard InChI is InChI=1S/C22H22ClF3N2O2/c23-19-10-5-4-9-17(19)21(30)28-12-6-11-27(13-14-28)20(29)15-18(22(24,25)26)16-7-2-1-3-8-16/h1-5,7-10,18H,6,11-15H2. The summed E-state index contributed by atoms with van der Waals surface area (Å²) in [6.07, 6.45) is -4.68. The van der Waals surface area contributed by atoms with Gasteiger partial charge in [-0.15, -0.1) is 0 Å². The van der Waals surface area contributed by atoms with Crippen LogP contribution < -0.4 is 0 Å². The average Bonchev–Trinajstić information content (AvgIpc) is 2.98. The largest absolute Gasteiger partial charge is 0.396 e. The molecule has 0 aromatic heterocycles. The molecule has 0 saturated carbocycles. The number of amides is 2. The molecular formula is C22H22ClF3N2O2. The van der Waals surface area contributed by atoms with E-state index in [1.54, 1.807) is 35.2 Å². The Bertz CT molecular complexity index is 889. The van der Waals surface area contributed by atoms with E-state index in [1.165, 1.54) is 29.2 Å². The van der Waals surface area contributed by atoms with Crippen molar-refractivity contribution in [3.05, 3.63) is 70.7 Å². The highest BCUT2D eigenvalue weighted by atomic mass is 35.5. The number of hydrogen-bond acceptors (Lipinski definition) is 2. The minimum absolute atomic E-state index is 0.0729. The first-order valence-electron chi connectivity index (χ1n) is 9.70. The maximum atomic E-state index is 13.6. The van der Waals surface area contributed by atoms with Crippen molar-refractivity contribution in [2.75, 3.05) is 26.2 Å². The molecule has 4 nitrogen and oxygen atoms in total. The molecule has 1 heterocycles. The van der Waals surface area contributed by atoms with Crippen LogP contribution in [0.25, 0.3) is 0 Å². The number of carbonyl (C=O) groups is 2. The molecule has 30 heavy (non-hydrogen) atoms. The number of hydrogen-bond donors (Lipinski definition) is 0. The molecule has 1 unspecified atom stereocenters. The highest BCUT2D eigenvalue weighted by molar-refractivity contribution is 6.33. The molecule has 1 saturated heterocycles. The first-order valence-corrected chi connectivity index (χ1v) is 10.1. The Hall–Kier alpha value is -2.54. The van der Waals surface area contributed by atoms with Gasteiger partial charge in [0.15, 0.2) is 0 Å². The number of nitrogens with zero attached hydrogens (tertiary/aromatic N) is 2. The molecular weight excluding hydrogens is 417 g/mol. The summed E-state index contributed by atoms with van der Waals surface area (Å²) in [4.78, 5) is 28.4. The number of alkyl halides is 3. The summed E-state index contributed by atoms with van der Waals surface area (Å²) < 4.78 is 40.7. The number of benzene rings is 2. The number of halogens is 4. The second-order valence-corrected chi connectivity index (χ2v) is 7.62. The van der Waals surface area contributed by atoms with Crippen molar-refractivity contribution < 1.29 is 22.8 Å². The van der Waals surface area contributed by atoms with Gasteiger partial charge in [0.2, 0.25) is 5.91 Å². The summed E-state index contributed by atoms with van der Waals surface area (Å²) in [7, 11) is 0. The smallest absolute Gasteiger partial charge is 0.341 e. The highest BCUT2D eigenvalue weighted by Crippen LogP contribution is 2.37. The van der Waals surface area contributed by atoms with Crippen molar-refractivity contribution in [1.82, 2.24) is 9.80 Å². The first-order chi connectivity index (χ1) is 14.3. The van der Waals surface area contributed by atoms with E-state index in [-0.39, 0.29) is 24.6 Å². The van der Waals surface area contributed by atoms with Gasteiger partial charge in [-0.3, -0.25) is 9.59 Å². The van der Waals surface area contributed by atoms with Crippen LogP contribution in [0.2, 0.25) is 5.02 Å². The van der Waals surface area contributed by atoms with Crippen LogP contribution in [-0.4, -0.2) is 54.0 Å². The Morgan fingerprint density at radius 1 is 0.900 bits per heavy atom. The fourth-order valence-electron chi connectivity index (χ4n) is 3.59. The van der Waals surface area contributed by atoms with E-state index in [9.17, 15) is 22.8 Å². The minimum Gasteiger partial charge on any atom is -0.341 e. The van der Waals surface area contributed by atoms with E-state index in [0.717, 1.165) is 0 Å². The van der Waals surface area contributed by atoms with E-state index in [0.29, 0.717) is 30.1 Å². The van der Waals surface area contributed by atoms with Gasteiger partial charge in [-0.1, -0.05) is 54.1 Å². The fraction of sp³-hybridized carbons (Fsp3) is 0.364. The van der Waals surface area contributed by atoms with E-state index < -0.39 is 24.4 Å². The number of carbonyl (C=O) groups excluding carboxylic acids is 2. The summed E-state index contributed by atoms with van der Waals surface area (Å²) in [6, 6.07) is 14.2. The van der Waals surface area contributed by atoms with Gasteiger partial charge in [0.05, 0.1) is 16.5 Å². The van der Waals surface area contributed by atoms with Gasteiger partial charge in [-0.2, -0.15) is 13.2 Å². The maximum Gasteiger partial charge on any atom is 0.396 e. The SMILES string of the molecule is O=C(CC(c1ccccc1)C(F)(F)F)N1CCCN(C(=O)c2ccccc2Cl)CC1. The van der Waals surface area contributed by atoms with E-state index in [2.05, 4.69) is 0 Å². The molecule has 1 atom stereocenters. The molecule has 1 aliphatic rings. The van der Waals surface area contributed by atoms with Crippen molar-refractivity contribution in [2.24, 2.45) is 0 Å². The topological polar surface area (TPSA) is 40.6 Å². The highest BCUT2D eigenvalue weighted by Gasteiger charge is 2.42. The lowest BCUT2D eigenvalue weighted by Gasteiger charge is -2.26. The molecule has 2 amide bonds. The minimum atomic E-state index is -4.52. The Kier molecular flexibility index (Phi) is 7.02. The van der Waals surface area contributed by atoms with Crippen molar-refractivity contribution in [1.29, 1.82) is 0 Å². The van der Waals surface area contributed by atoms with E-state index in [1.807, 2.05) is 0 Å². The van der Waals surface area contributed by atoms with E-state index in [4.69, 9.17) is 11.6 Å². The van der Waals surface area contributed by atoms with Crippen LogP contribution in [0, 0.1) is 0 Å². The number of rotatable bonds is 4. The third-order valence-corrected chi connectivity index (χ3v) is 5.55. The molecule has 1 fully saturated rings. The second-order valence-electron chi connectivity index (χ2n) is 7.22. The van der Waals surface area contributed by atoms with Gasteiger partial charge in [0.1, 0.15) is 0 Å². The molecule has 160 valence electrons. The van der Waals surface area contributed by atoms with Crippen LogP contribution in [0.15, 0.2) is 54.6 Å². The second kappa shape index (κ2) is 9.51.